The molecule has 0 aromatic rings. The molecule has 0 fully saturated rings. The Bertz CT molecular complexity index is 222. The standard InChI is InChI=1S/C10H16O4/c1-4-5-8(10(13)14-3)9(12)6-7(2)11/h4,8-9,12H,1,5-6H2,2-3H3/t8-,9-/m1/s1. The van der Waals surface area contributed by atoms with E-state index >= 15 is 0 Å². The first-order valence-electron chi connectivity index (χ1n) is 4.39. The van der Waals surface area contributed by atoms with Gasteiger partial charge >= 0.3 is 5.97 Å². The highest BCUT2D eigenvalue weighted by molar-refractivity contribution is 5.78. The van der Waals surface area contributed by atoms with Crippen molar-refractivity contribution in [2.75, 3.05) is 7.11 Å². The predicted molar refractivity (Wildman–Crippen MR) is 51.6 cm³/mol. The van der Waals surface area contributed by atoms with E-state index in [0.717, 1.165) is 0 Å². The third kappa shape index (κ3) is 4.18. The summed E-state index contributed by atoms with van der Waals surface area (Å²) in [7, 11) is 1.25. The second-order valence-electron chi connectivity index (χ2n) is 3.13. The highest BCUT2D eigenvalue weighted by Gasteiger charge is 2.27. The number of allylic oxidation sites excluding steroid dienone is 1. The van der Waals surface area contributed by atoms with Crippen LogP contribution in [0.4, 0.5) is 0 Å². The Morgan fingerprint density at radius 1 is 1.57 bits per heavy atom. The van der Waals surface area contributed by atoms with E-state index in [1.54, 1.807) is 0 Å². The molecule has 0 saturated carbocycles. The molecule has 1 N–H and O–H groups in total. The smallest absolute Gasteiger partial charge is 0.311 e. The second-order valence-corrected chi connectivity index (χ2v) is 3.13. The first-order valence-corrected chi connectivity index (χ1v) is 4.39. The molecule has 0 saturated heterocycles. The van der Waals surface area contributed by atoms with Crippen molar-refractivity contribution >= 4 is 11.8 Å². The van der Waals surface area contributed by atoms with Crippen molar-refractivity contribution in [3.63, 3.8) is 0 Å². The van der Waals surface area contributed by atoms with Crippen molar-refractivity contribution < 1.29 is 19.4 Å². The van der Waals surface area contributed by atoms with Crippen molar-refractivity contribution in [1.29, 1.82) is 0 Å². The summed E-state index contributed by atoms with van der Waals surface area (Å²) in [5, 5.41) is 9.54. The van der Waals surface area contributed by atoms with E-state index in [0.29, 0.717) is 6.42 Å². The number of methoxy groups -OCH3 is 1. The molecule has 0 heterocycles. The highest BCUT2D eigenvalue weighted by Crippen LogP contribution is 2.14. The van der Waals surface area contributed by atoms with Gasteiger partial charge in [0, 0.05) is 6.42 Å². The average molecular weight is 200 g/mol. The lowest BCUT2D eigenvalue weighted by Crippen LogP contribution is -2.30. The summed E-state index contributed by atoms with van der Waals surface area (Å²) < 4.78 is 4.51. The van der Waals surface area contributed by atoms with E-state index in [-0.39, 0.29) is 12.2 Å². The molecule has 0 aromatic heterocycles. The van der Waals surface area contributed by atoms with Crippen LogP contribution in [0.15, 0.2) is 12.7 Å². The van der Waals surface area contributed by atoms with Crippen LogP contribution in [0.3, 0.4) is 0 Å². The molecular weight excluding hydrogens is 184 g/mol. The fourth-order valence-electron chi connectivity index (χ4n) is 1.18. The van der Waals surface area contributed by atoms with Gasteiger partial charge in [-0.2, -0.15) is 0 Å². The van der Waals surface area contributed by atoms with E-state index in [1.165, 1.54) is 20.1 Å². The van der Waals surface area contributed by atoms with E-state index in [2.05, 4.69) is 11.3 Å². The Hall–Kier alpha value is -1.16. The lowest BCUT2D eigenvalue weighted by atomic mass is 9.95. The minimum Gasteiger partial charge on any atom is -0.469 e. The number of Topliss-reactive ketones (excluding diaryl/α,β-unsaturated/α-hetero) is 1. The number of aliphatic hydroxyl groups excluding tert-OH is 1. The van der Waals surface area contributed by atoms with Gasteiger partial charge in [0.2, 0.25) is 0 Å². The summed E-state index contributed by atoms with van der Waals surface area (Å²) in [4.78, 5) is 21.9. The largest absolute Gasteiger partial charge is 0.469 e. The molecule has 0 radical (unpaired) electrons. The molecule has 4 nitrogen and oxygen atoms in total. The fourth-order valence-corrected chi connectivity index (χ4v) is 1.18. The van der Waals surface area contributed by atoms with Gasteiger partial charge in [0.25, 0.3) is 0 Å². The van der Waals surface area contributed by atoms with Crippen molar-refractivity contribution in [1.82, 2.24) is 0 Å². The molecule has 0 amide bonds. The van der Waals surface area contributed by atoms with Crippen LogP contribution in [0.2, 0.25) is 0 Å². The average Bonchev–Trinajstić information content (AvgIpc) is 2.11. The van der Waals surface area contributed by atoms with Gasteiger partial charge in [0.05, 0.1) is 19.1 Å². The van der Waals surface area contributed by atoms with Crippen molar-refractivity contribution in [3.8, 4) is 0 Å². The van der Waals surface area contributed by atoms with Crippen LogP contribution in [-0.4, -0.2) is 30.1 Å². The molecule has 0 aliphatic heterocycles. The Kier molecular flexibility index (Phi) is 5.79. The Morgan fingerprint density at radius 3 is 2.50 bits per heavy atom. The van der Waals surface area contributed by atoms with Crippen LogP contribution in [-0.2, 0) is 14.3 Å². The molecule has 0 aromatic carbocycles. The molecule has 0 aliphatic carbocycles. The van der Waals surface area contributed by atoms with Crippen molar-refractivity contribution in [3.05, 3.63) is 12.7 Å². The Labute approximate surface area is 83.6 Å². The molecule has 0 spiro atoms. The van der Waals surface area contributed by atoms with Crippen LogP contribution in [0.1, 0.15) is 19.8 Å². The van der Waals surface area contributed by atoms with Crippen LogP contribution in [0, 0.1) is 5.92 Å². The monoisotopic (exact) mass is 200 g/mol. The molecule has 14 heavy (non-hydrogen) atoms. The van der Waals surface area contributed by atoms with Crippen LogP contribution in [0.25, 0.3) is 0 Å². The van der Waals surface area contributed by atoms with Gasteiger partial charge in [-0.05, 0) is 13.3 Å². The molecule has 4 heteroatoms. The number of ether oxygens (including phenoxy) is 1. The van der Waals surface area contributed by atoms with Gasteiger partial charge in [0.15, 0.2) is 0 Å². The SMILES string of the molecule is C=CC[C@@H](C(=O)OC)[C@H](O)CC(C)=O. The molecule has 2 atom stereocenters. The number of carbonyl (C=O) groups is 2. The van der Waals surface area contributed by atoms with Crippen LogP contribution >= 0.6 is 0 Å². The van der Waals surface area contributed by atoms with Gasteiger partial charge in [-0.25, -0.2) is 0 Å². The van der Waals surface area contributed by atoms with Crippen molar-refractivity contribution in [2.24, 2.45) is 5.92 Å². The number of aliphatic hydroxyl groups is 1. The highest BCUT2D eigenvalue weighted by atomic mass is 16.5. The van der Waals surface area contributed by atoms with Crippen molar-refractivity contribution in [2.45, 2.75) is 25.9 Å². The number of ketones is 1. The summed E-state index contributed by atoms with van der Waals surface area (Å²) >= 11 is 0. The number of carbonyl (C=O) groups excluding carboxylic acids is 2. The molecule has 80 valence electrons. The molecule has 0 aliphatic rings. The van der Waals surface area contributed by atoms with Gasteiger partial charge in [-0.15, -0.1) is 6.58 Å². The molecule has 0 bridgehead atoms. The van der Waals surface area contributed by atoms with Crippen LogP contribution in [0.5, 0.6) is 0 Å². The third-order valence-electron chi connectivity index (χ3n) is 1.89. The zero-order valence-corrected chi connectivity index (χ0v) is 8.53. The van der Waals surface area contributed by atoms with E-state index in [4.69, 9.17) is 0 Å². The maximum atomic E-state index is 11.2. The lowest BCUT2D eigenvalue weighted by Gasteiger charge is -2.17. The number of rotatable bonds is 6. The van der Waals surface area contributed by atoms with E-state index in [1.807, 2.05) is 0 Å². The number of esters is 1. The van der Waals surface area contributed by atoms with Gasteiger partial charge < -0.3 is 9.84 Å². The predicted octanol–water partition coefficient (Wildman–Crippen LogP) is 0.692. The summed E-state index contributed by atoms with van der Waals surface area (Å²) in [6.45, 7) is 4.84. The normalized spacial score (nSPS) is 14.2. The first-order chi connectivity index (χ1) is 6.52. The maximum Gasteiger partial charge on any atom is 0.311 e. The maximum absolute atomic E-state index is 11.2. The molecular formula is C10H16O4. The topological polar surface area (TPSA) is 63.6 Å². The fraction of sp³-hybridized carbons (Fsp3) is 0.600. The summed E-state index contributed by atoms with van der Waals surface area (Å²) in [6.07, 6.45) is 0.803. The quantitative estimate of drug-likeness (QED) is 0.506. The zero-order chi connectivity index (χ0) is 11.1. The summed E-state index contributed by atoms with van der Waals surface area (Å²) in [6, 6.07) is 0. The van der Waals surface area contributed by atoms with E-state index < -0.39 is 18.0 Å². The van der Waals surface area contributed by atoms with Gasteiger partial charge in [0.1, 0.15) is 5.78 Å². The molecule has 0 unspecified atom stereocenters. The minimum atomic E-state index is -0.988. The number of hydrogen-bond acceptors (Lipinski definition) is 4. The second kappa shape index (κ2) is 6.32. The molecule has 0 rings (SSSR count). The summed E-state index contributed by atoms with van der Waals surface area (Å²) in [5.41, 5.74) is 0. The first kappa shape index (κ1) is 12.8. The summed E-state index contributed by atoms with van der Waals surface area (Å²) in [5.74, 6) is -1.37. The zero-order valence-electron chi connectivity index (χ0n) is 8.53. The van der Waals surface area contributed by atoms with Gasteiger partial charge in [-0.1, -0.05) is 6.08 Å². The van der Waals surface area contributed by atoms with Gasteiger partial charge in [-0.3, -0.25) is 9.59 Å². The van der Waals surface area contributed by atoms with Crippen LogP contribution < -0.4 is 0 Å². The Balaban J connectivity index is 4.38. The van der Waals surface area contributed by atoms with E-state index in [9.17, 15) is 14.7 Å². The minimum absolute atomic E-state index is 0.0341. The lowest BCUT2D eigenvalue weighted by molar-refractivity contribution is -0.149. The third-order valence-corrected chi connectivity index (χ3v) is 1.89. The Morgan fingerprint density at radius 2 is 2.14 bits per heavy atom. The number of hydrogen-bond donors (Lipinski definition) is 1.